The van der Waals surface area contributed by atoms with Crippen molar-refractivity contribution >= 4 is 41.5 Å². The quantitative estimate of drug-likeness (QED) is 0.361. The summed E-state index contributed by atoms with van der Waals surface area (Å²) in [6, 6.07) is 1.94. The Labute approximate surface area is 176 Å². The lowest BCUT2D eigenvalue weighted by atomic mass is 10.4. The molecule has 0 bridgehead atoms. The number of aliphatic imine (C=N–C) groups is 1. The highest BCUT2D eigenvalue weighted by molar-refractivity contribution is 14.0. The summed E-state index contributed by atoms with van der Waals surface area (Å²) in [6.07, 6.45) is 1.69. The summed E-state index contributed by atoms with van der Waals surface area (Å²) in [7, 11) is 5.64. The first-order chi connectivity index (χ1) is 11.9. The van der Waals surface area contributed by atoms with Gasteiger partial charge in [-0.2, -0.15) is 4.98 Å². The summed E-state index contributed by atoms with van der Waals surface area (Å²) >= 11 is 6.03. The Bertz CT molecular complexity index is 717. The van der Waals surface area contributed by atoms with Crippen LogP contribution in [0.15, 0.2) is 21.8 Å². The van der Waals surface area contributed by atoms with Crippen molar-refractivity contribution in [3.63, 3.8) is 0 Å². The largest absolute Gasteiger partial charge is 0.371 e. The molecule has 0 aliphatic rings. The number of hydrogen-bond acceptors (Lipinski definition) is 5. The van der Waals surface area contributed by atoms with E-state index < -0.39 is 0 Å². The Balaban J connectivity index is 0.00000338. The molecule has 146 valence electrons. The van der Waals surface area contributed by atoms with E-state index in [-0.39, 0.29) is 30.1 Å². The molecule has 0 aromatic carbocycles. The Hall–Kier alpha value is -1.33. The fourth-order valence-corrected chi connectivity index (χ4v) is 2.68. The molecule has 0 aliphatic heterocycles. The maximum absolute atomic E-state index is 6.03. The predicted octanol–water partition coefficient (Wildman–Crippen LogP) is 2.98. The second-order valence-corrected chi connectivity index (χ2v) is 6.10. The lowest BCUT2D eigenvalue weighted by Crippen LogP contribution is -2.38. The van der Waals surface area contributed by atoms with E-state index in [1.54, 1.807) is 7.05 Å². The first-order valence-electron chi connectivity index (χ1n) is 8.11. The Kier molecular flexibility index (Phi) is 9.37. The molecule has 10 heteroatoms. The Morgan fingerprint density at radius 2 is 2.27 bits per heavy atom. The zero-order chi connectivity index (χ0) is 18.4. The average molecular weight is 497 g/mol. The van der Waals surface area contributed by atoms with E-state index in [1.807, 2.05) is 49.7 Å². The summed E-state index contributed by atoms with van der Waals surface area (Å²) in [4.78, 5) is 10.6. The van der Waals surface area contributed by atoms with Crippen molar-refractivity contribution in [2.75, 3.05) is 20.7 Å². The highest BCUT2D eigenvalue weighted by Crippen LogP contribution is 2.14. The van der Waals surface area contributed by atoms with Crippen LogP contribution in [-0.2, 0) is 24.9 Å². The number of rotatable bonds is 7. The molecule has 26 heavy (non-hydrogen) atoms. The highest BCUT2D eigenvalue weighted by Gasteiger charge is 2.15. The molecule has 0 spiro atoms. The molecule has 2 aromatic rings. The molecule has 0 saturated heterocycles. The number of hydrogen-bond donors (Lipinski definition) is 1. The van der Waals surface area contributed by atoms with Crippen molar-refractivity contribution in [1.29, 1.82) is 0 Å². The fraction of sp³-hybridized carbons (Fsp3) is 0.562. The van der Waals surface area contributed by atoms with Gasteiger partial charge in [0.1, 0.15) is 6.10 Å². The Morgan fingerprint density at radius 1 is 1.54 bits per heavy atom. The summed E-state index contributed by atoms with van der Waals surface area (Å²) in [5, 5.41) is 7.87. The maximum atomic E-state index is 6.03. The molecule has 1 unspecified atom stereocenters. The third-order valence-electron chi connectivity index (χ3n) is 3.71. The SMILES string of the molecule is CCOC(C)c1noc(CNC(=NC)N(C)Cc2cc(Cl)cn2C)n1.I. The van der Waals surface area contributed by atoms with Gasteiger partial charge in [0.25, 0.3) is 0 Å². The van der Waals surface area contributed by atoms with Crippen molar-refractivity contribution in [2.45, 2.75) is 33.0 Å². The standard InChI is InChI=1S/C16H25ClN6O2.HI/c1-6-24-11(2)15-20-14(25-21-15)8-19-16(18-3)23(5)10-13-7-12(17)9-22(13)4;/h7,9,11H,6,8,10H2,1-5H3,(H,18,19);1H. The number of guanidine groups is 1. The molecular formula is C16H26ClIN6O2. The smallest absolute Gasteiger partial charge is 0.246 e. The molecule has 0 saturated carbocycles. The number of halogens is 2. The normalized spacial score (nSPS) is 12.6. The number of nitrogens with zero attached hydrogens (tertiary/aromatic N) is 5. The van der Waals surface area contributed by atoms with Crippen LogP contribution in [0.2, 0.25) is 5.02 Å². The molecule has 0 radical (unpaired) electrons. The number of aryl methyl sites for hydroxylation is 1. The summed E-state index contributed by atoms with van der Waals surface area (Å²) in [5.41, 5.74) is 1.08. The van der Waals surface area contributed by atoms with Gasteiger partial charge in [0.15, 0.2) is 11.8 Å². The van der Waals surface area contributed by atoms with Gasteiger partial charge in [-0.25, -0.2) is 0 Å². The van der Waals surface area contributed by atoms with Crippen LogP contribution < -0.4 is 5.32 Å². The average Bonchev–Trinajstić information content (AvgIpc) is 3.15. The van der Waals surface area contributed by atoms with Crippen molar-refractivity contribution < 1.29 is 9.26 Å². The van der Waals surface area contributed by atoms with Crippen molar-refractivity contribution in [3.8, 4) is 0 Å². The lowest BCUT2D eigenvalue weighted by Gasteiger charge is -2.21. The predicted molar refractivity (Wildman–Crippen MR) is 112 cm³/mol. The van der Waals surface area contributed by atoms with Crippen LogP contribution in [0.3, 0.4) is 0 Å². The second-order valence-electron chi connectivity index (χ2n) is 5.66. The molecule has 2 aromatic heterocycles. The lowest BCUT2D eigenvalue weighted by molar-refractivity contribution is 0.0683. The molecular weight excluding hydrogens is 471 g/mol. The molecule has 0 fully saturated rings. The van der Waals surface area contributed by atoms with Gasteiger partial charge in [-0.15, -0.1) is 24.0 Å². The molecule has 1 atom stereocenters. The minimum Gasteiger partial charge on any atom is -0.371 e. The van der Waals surface area contributed by atoms with Gasteiger partial charge < -0.3 is 24.0 Å². The zero-order valence-electron chi connectivity index (χ0n) is 15.7. The van der Waals surface area contributed by atoms with Crippen LogP contribution in [0.1, 0.15) is 37.4 Å². The van der Waals surface area contributed by atoms with Crippen LogP contribution in [0, 0.1) is 0 Å². The summed E-state index contributed by atoms with van der Waals surface area (Å²) in [6.45, 7) is 5.47. The highest BCUT2D eigenvalue weighted by atomic mass is 127. The van der Waals surface area contributed by atoms with Crippen LogP contribution in [0.5, 0.6) is 0 Å². The van der Waals surface area contributed by atoms with Gasteiger partial charge in [-0.1, -0.05) is 16.8 Å². The van der Waals surface area contributed by atoms with E-state index in [0.717, 1.165) is 16.7 Å². The van der Waals surface area contributed by atoms with Crippen LogP contribution in [0.4, 0.5) is 0 Å². The number of ether oxygens (including phenoxy) is 1. The maximum Gasteiger partial charge on any atom is 0.246 e. The van der Waals surface area contributed by atoms with Crippen molar-refractivity contribution in [2.24, 2.45) is 12.0 Å². The van der Waals surface area contributed by atoms with E-state index in [2.05, 4.69) is 20.4 Å². The van der Waals surface area contributed by atoms with E-state index in [9.17, 15) is 0 Å². The minimum atomic E-state index is -0.188. The molecule has 0 amide bonds. The minimum absolute atomic E-state index is 0. The van der Waals surface area contributed by atoms with Gasteiger partial charge in [0.2, 0.25) is 5.89 Å². The zero-order valence-corrected chi connectivity index (χ0v) is 18.8. The van der Waals surface area contributed by atoms with Crippen LogP contribution in [-0.4, -0.2) is 46.3 Å². The first-order valence-corrected chi connectivity index (χ1v) is 8.49. The van der Waals surface area contributed by atoms with Crippen LogP contribution in [0.25, 0.3) is 0 Å². The monoisotopic (exact) mass is 496 g/mol. The van der Waals surface area contributed by atoms with Gasteiger partial charge >= 0.3 is 0 Å². The summed E-state index contributed by atoms with van der Waals surface area (Å²) in [5.74, 6) is 1.74. The van der Waals surface area contributed by atoms with Crippen molar-refractivity contribution in [3.05, 3.63) is 34.7 Å². The Morgan fingerprint density at radius 3 is 2.85 bits per heavy atom. The van der Waals surface area contributed by atoms with Crippen LogP contribution >= 0.6 is 35.6 Å². The third kappa shape index (κ3) is 6.13. The van der Waals surface area contributed by atoms with E-state index in [0.29, 0.717) is 31.4 Å². The number of nitrogens with one attached hydrogen (secondary N) is 1. The topological polar surface area (TPSA) is 80.7 Å². The summed E-state index contributed by atoms with van der Waals surface area (Å²) < 4.78 is 12.7. The van der Waals surface area contributed by atoms with Gasteiger partial charge in [-0.05, 0) is 19.9 Å². The van der Waals surface area contributed by atoms with Gasteiger partial charge in [0, 0.05) is 39.6 Å². The molecule has 2 heterocycles. The third-order valence-corrected chi connectivity index (χ3v) is 3.92. The molecule has 0 aliphatic carbocycles. The van der Waals surface area contributed by atoms with E-state index in [4.69, 9.17) is 20.9 Å². The molecule has 1 N–H and O–H groups in total. The molecule has 8 nitrogen and oxygen atoms in total. The number of aromatic nitrogens is 3. The van der Waals surface area contributed by atoms with Gasteiger partial charge in [-0.3, -0.25) is 4.99 Å². The van der Waals surface area contributed by atoms with Gasteiger partial charge in [0.05, 0.1) is 18.1 Å². The fourth-order valence-electron chi connectivity index (χ4n) is 2.41. The van der Waals surface area contributed by atoms with E-state index in [1.165, 1.54) is 0 Å². The molecule has 2 rings (SSSR count). The van der Waals surface area contributed by atoms with Crippen molar-refractivity contribution in [1.82, 2.24) is 24.9 Å². The van der Waals surface area contributed by atoms with E-state index >= 15 is 0 Å². The second kappa shape index (κ2) is 10.7. The first kappa shape index (κ1) is 22.7.